The molecule has 3 heterocycles. The Morgan fingerprint density at radius 3 is 2.69 bits per heavy atom. The molecule has 0 aromatic heterocycles. The maximum atomic E-state index is 12.6. The minimum Gasteiger partial charge on any atom is -0.457 e. The van der Waals surface area contributed by atoms with Gasteiger partial charge in [0, 0.05) is 18.3 Å². The van der Waals surface area contributed by atoms with E-state index in [-0.39, 0.29) is 41.5 Å². The van der Waals surface area contributed by atoms with Crippen molar-refractivity contribution in [2.75, 3.05) is 26.3 Å². The van der Waals surface area contributed by atoms with Crippen LogP contribution in [-0.4, -0.2) is 75.9 Å². The van der Waals surface area contributed by atoms with Crippen LogP contribution in [0.3, 0.4) is 0 Å². The van der Waals surface area contributed by atoms with Crippen LogP contribution in [0.2, 0.25) is 0 Å². The van der Waals surface area contributed by atoms with Gasteiger partial charge in [0.1, 0.15) is 18.6 Å². The molecular formula is C19H24N2O6S2. The summed E-state index contributed by atoms with van der Waals surface area (Å²) in [4.78, 5) is 40.1. The molecule has 0 unspecified atom stereocenters. The highest BCUT2D eigenvalue weighted by molar-refractivity contribution is 8.23. The lowest BCUT2D eigenvalue weighted by Crippen LogP contribution is -2.60. The van der Waals surface area contributed by atoms with Gasteiger partial charge in [-0.3, -0.25) is 9.69 Å². The molecule has 8 nitrogen and oxygen atoms in total. The van der Waals surface area contributed by atoms with Crippen molar-refractivity contribution in [3.05, 3.63) is 35.2 Å². The fraction of sp³-hybridized carbons (Fsp3) is 0.526. The third kappa shape index (κ3) is 4.34. The number of fused-ring (bicyclic) bond motifs is 1. The first kappa shape index (κ1) is 21.8. The molecule has 29 heavy (non-hydrogen) atoms. The van der Waals surface area contributed by atoms with Crippen LogP contribution in [0, 0.1) is 5.92 Å². The van der Waals surface area contributed by atoms with E-state index in [1.165, 1.54) is 40.6 Å². The predicted molar refractivity (Wildman–Crippen MR) is 111 cm³/mol. The molecule has 0 spiro atoms. The third-order valence-electron chi connectivity index (χ3n) is 4.79. The smallest absolute Gasteiger partial charge is 0.410 e. The zero-order valence-electron chi connectivity index (χ0n) is 16.1. The lowest BCUT2D eigenvalue weighted by Gasteiger charge is -2.43. The summed E-state index contributed by atoms with van der Waals surface area (Å²) < 4.78 is 10.9. The van der Waals surface area contributed by atoms with Crippen LogP contribution in [-0.2, 0) is 19.1 Å². The molecule has 0 aromatic carbocycles. The highest BCUT2D eigenvalue weighted by atomic mass is 32.2. The van der Waals surface area contributed by atoms with Crippen molar-refractivity contribution in [1.82, 2.24) is 9.80 Å². The van der Waals surface area contributed by atoms with Gasteiger partial charge in [0.25, 0.3) is 0 Å². The van der Waals surface area contributed by atoms with Gasteiger partial charge in [0.2, 0.25) is 5.91 Å². The molecule has 2 amide bonds. The Labute approximate surface area is 177 Å². The van der Waals surface area contributed by atoms with Gasteiger partial charge in [-0.25, -0.2) is 9.59 Å². The number of β-lactam (4-membered cyclic amide) rings is 1. The number of likely N-dealkylation sites (tertiary alicyclic amines) is 1. The van der Waals surface area contributed by atoms with Gasteiger partial charge in [-0.15, -0.1) is 11.8 Å². The Bertz CT molecular complexity index is 753. The number of nitrogens with zero attached hydrogens (tertiary/aromatic N) is 2. The van der Waals surface area contributed by atoms with E-state index >= 15 is 0 Å². The van der Waals surface area contributed by atoms with Gasteiger partial charge in [0.15, 0.2) is 5.70 Å². The molecular weight excluding hydrogens is 416 g/mol. The monoisotopic (exact) mass is 440 g/mol. The topological polar surface area (TPSA) is 96.4 Å². The normalized spacial score (nSPS) is 26.7. The van der Waals surface area contributed by atoms with Crippen LogP contribution in [0.4, 0.5) is 4.79 Å². The number of ether oxygens (including phenoxy) is 2. The number of aliphatic hydroxyl groups excluding tert-OH is 1. The summed E-state index contributed by atoms with van der Waals surface area (Å²) in [5, 5.41) is 9.66. The van der Waals surface area contributed by atoms with Crippen molar-refractivity contribution in [3.8, 4) is 0 Å². The number of amides is 2. The Balaban J connectivity index is 1.72. The second-order valence-electron chi connectivity index (χ2n) is 6.85. The molecule has 2 saturated heterocycles. The minimum atomic E-state index is -0.798. The zero-order valence-corrected chi connectivity index (χ0v) is 17.7. The maximum Gasteiger partial charge on any atom is 0.410 e. The lowest BCUT2D eigenvalue weighted by atomic mass is 9.92. The van der Waals surface area contributed by atoms with E-state index in [1.807, 2.05) is 0 Å². The molecule has 0 saturated carbocycles. The summed E-state index contributed by atoms with van der Waals surface area (Å²) in [6.45, 7) is 9.88. The van der Waals surface area contributed by atoms with E-state index in [0.717, 1.165) is 6.42 Å². The lowest BCUT2D eigenvalue weighted by molar-refractivity contribution is -0.157. The molecule has 2 fully saturated rings. The Morgan fingerprint density at radius 1 is 1.34 bits per heavy atom. The van der Waals surface area contributed by atoms with Crippen LogP contribution in [0.15, 0.2) is 35.2 Å². The Kier molecular flexibility index (Phi) is 6.97. The molecule has 1 N–H and O–H groups in total. The average Bonchev–Trinajstić information content (AvgIpc) is 3.27. The minimum absolute atomic E-state index is 0.0455. The van der Waals surface area contributed by atoms with Crippen molar-refractivity contribution in [2.45, 2.75) is 30.1 Å². The van der Waals surface area contributed by atoms with Crippen molar-refractivity contribution < 1.29 is 29.0 Å². The predicted octanol–water partition coefficient (Wildman–Crippen LogP) is 1.93. The standard InChI is InChI=1S/C19H24N2O6S2/c1-4-8-26-17(24)14-18(29-16-13(11(3)22)15(23)21(14)16)28-12-6-7-20(10-12)19(25)27-9-5-2/h4-5,11-13,16,22H,1-2,6-10H2,3H3/t11-,12+,13+,16-/m1/s1. The van der Waals surface area contributed by atoms with E-state index < -0.39 is 18.0 Å². The van der Waals surface area contributed by atoms with Crippen LogP contribution >= 0.6 is 23.5 Å². The summed E-state index contributed by atoms with van der Waals surface area (Å²) in [5.41, 5.74) is 0.224. The number of thioether (sulfide) groups is 2. The highest BCUT2D eigenvalue weighted by Gasteiger charge is 2.58. The quantitative estimate of drug-likeness (QED) is 0.347. The summed E-state index contributed by atoms with van der Waals surface area (Å²) in [5.74, 6) is -1.41. The zero-order chi connectivity index (χ0) is 21.1. The summed E-state index contributed by atoms with van der Waals surface area (Å²) in [6, 6.07) is 0. The second-order valence-corrected chi connectivity index (χ2v) is 9.54. The fourth-order valence-electron chi connectivity index (χ4n) is 3.39. The number of aliphatic hydroxyl groups is 1. The molecule has 3 aliphatic heterocycles. The second kappa shape index (κ2) is 9.27. The van der Waals surface area contributed by atoms with Crippen LogP contribution in [0.25, 0.3) is 0 Å². The Hall–Kier alpha value is -1.91. The number of esters is 1. The summed E-state index contributed by atoms with van der Waals surface area (Å²) in [6.07, 6.45) is 2.53. The van der Waals surface area contributed by atoms with Crippen molar-refractivity contribution in [3.63, 3.8) is 0 Å². The molecule has 3 aliphatic rings. The van der Waals surface area contributed by atoms with Gasteiger partial charge < -0.3 is 19.5 Å². The summed E-state index contributed by atoms with van der Waals surface area (Å²) >= 11 is 2.86. The van der Waals surface area contributed by atoms with Gasteiger partial charge in [-0.05, 0) is 13.3 Å². The van der Waals surface area contributed by atoms with Crippen LogP contribution in [0.1, 0.15) is 13.3 Å². The fourth-order valence-corrected chi connectivity index (χ4v) is 6.71. The molecule has 10 heteroatoms. The van der Waals surface area contributed by atoms with Crippen molar-refractivity contribution in [2.24, 2.45) is 5.92 Å². The number of hydrogen-bond donors (Lipinski definition) is 1. The van der Waals surface area contributed by atoms with Gasteiger partial charge in [-0.2, -0.15) is 0 Å². The molecule has 0 aliphatic carbocycles. The van der Waals surface area contributed by atoms with Crippen molar-refractivity contribution >= 4 is 41.5 Å². The molecule has 4 atom stereocenters. The Morgan fingerprint density at radius 2 is 2.03 bits per heavy atom. The highest BCUT2D eigenvalue weighted by Crippen LogP contribution is 2.55. The van der Waals surface area contributed by atoms with Crippen LogP contribution in [0.5, 0.6) is 0 Å². The maximum absolute atomic E-state index is 12.6. The van der Waals surface area contributed by atoms with Gasteiger partial charge >= 0.3 is 12.1 Å². The SMILES string of the molecule is C=CCOC(=O)C1=C(S[C@H]2CCN(C(=O)OCC=C)C2)S[C@@H]2[C@@H]([C@@H](C)O)C(=O)N12. The van der Waals surface area contributed by atoms with Crippen LogP contribution < -0.4 is 0 Å². The van der Waals surface area contributed by atoms with E-state index in [1.54, 1.807) is 11.8 Å². The molecule has 3 rings (SSSR count). The molecule has 0 radical (unpaired) electrons. The number of rotatable bonds is 8. The number of carbonyl (C=O) groups is 3. The molecule has 0 bridgehead atoms. The van der Waals surface area contributed by atoms with Gasteiger partial charge in [-0.1, -0.05) is 37.1 Å². The molecule has 158 valence electrons. The first-order valence-corrected chi connectivity index (χ1v) is 11.0. The van der Waals surface area contributed by atoms with E-state index in [4.69, 9.17) is 9.47 Å². The first-order chi connectivity index (χ1) is 13.9. The first-order valence-electron chi connectivity index (χ1n) is 9.28. The van der Waals surface area contributed by atoms with E-state index in [0.29, 0.717) is 17.3 Å². The van der Waals surface area contributed by atoms with E-state index in [9.17, 15) is 19.5 Å². The summed E-state index contributed by atoms with van der Waals surface area (Å²) in [7, 11) is 0. The largest absolute Gasteiger partial charge is 0.457 e. The number of carbonyl (C=O) groups excluding carboxylic acids is 3. The molecule has 0 aromatic rings. The van der Waals surface area contributed by atoms with E-state index in [2.05, 4.69) is 13.2 Å². The third-order valence-corrected chi connectivity index (χ3v) is 7.65. The average molecular weight is 441 g/mol. The number of hydrogen-bond acceptors (Lipinski definition) is 8. The van der Waals surface area contributed by atoms with Gasteiger partial charge in [0.05, 0.1) is 16.3 Å². The van der Waals surface area contributed by atoms with Crippen molar-refractivity contribution in [1.29, 1.82) is 0 Å².